The summed E-state index contributed by atoms with van der Waals surface area (Å²) in [6.45, 7) is 2.14. The molecule has 3 N–H and O–H groups in total. The Labute approximate surface area is 120 Å². The van der Waals surface area contributed by atoms with Crippen molar-refractivity contribution in [3.63, 3.8) is 0 Å². The zero-order chi connectivity index (χ0) is 13.8. The number of nitrogens with one attached hydrogen (secondary N) is 1. The molecule has 5 heteroatoms. The summed E-state index contributed by atoms with van der Waals surface area (Å²) >= 11 is 0. The van der Waals surface area contributed by atoms with Crippen molar-refractivity contribution in [1.82, 2.24) is 9.97 Å². The van der Waals surface area contributed by atoms with Crippen molar-refractivity contribution in [2.75, 3.05) is 23.4 Å². The van der Waals surface area contributed by atoms with Crippen LogP contribution in [0.3, 0.4) is 0 Å². The Bertz CT molecular complexity index is 452. The summed E-state index contributed by atoms with van der Waals surface area (Å²) in [4.78, 5) is 11.9. The number of nitrogens with zero attached hydrogens (tertiary/aromatic N) is 3. The molecule has 5 nitrogen and oxygen atoms in total. The second-order valence-electron chi connectivity index (χ2n) is 5.90. The average molecular weight is 275 g/mol. The lowest BCUT2D eigenvalue weighted by atomic mass is 10.1. The molecule has 0 unspecified atom stereocenters. The molecular weight excluding hydrogens is 250 g/mol. The lowest BCUT2D eigenvalue weighted by Crippen LogP contribution is -2.27. The van der Waals surface area contributed by atoms with Crippen molar-refractivity contribution < 1.29 is 0 Å². The van der Waals surface area contributed by atoms with Gasteiger partial charge < -0.3 is 10.3 Å². The summed E-state index contributed by atoms with van der Waals surface area (Å²) in [6.07, 6.45) is 11.0. The maximum absolute atomic E-state index is 5.70. The van der Waals surface area contributed by atoms with Gasteiger partial charge in [-0.25, -0.2) is 10.8 Å². The SMILES string of the molecule is NNc1nc(N2CCCCCC2)nc2c1CCCCC2. The summed E-state index contributed by atoms with van der Waals surface area (Å²) < 4.78 is 0. The Morgan fingerprint density at radius 2 is 1.55 bits per heavy atom. The molecule has 1 aromatic heterocycles. The standard InChI is InChI=1S/C15H25N5/c16-19-14-12-8-4-3-5-9-13(12)17-15(18-14)20-10-6-1-2-7-11-20/h1-11,16H2,(H,17,18,19). The van der Waals surface area contributed by atoms with Crippen molar-refractivity contribution in [2.24, 2.45) is 5.84 Å². The van der Waals surface area contributed by atoms with E-state index in [1.54, 1.807) is 0 Å². The van der Waals surface area contributed by atoms with Crippen LogP contribution in [0.5, 0.6) is 0 Å². The Morgan fingerprint density at radius 1 is 0.850 bits per heavy atom. The van der Waals surface area contributed by atoms with E-state index < -0.39 is 0 Å². The quantitative estimate of drug-likeness (QED) is 0.493. The molecule has 0 saturated carbocycles. The number of nitrogens with two attached hydrogens (primary N) is 1. The van der Waals surface area contributed by atoms with Gasteiger partial charge in [-0.1, -0.05) is 19.3 Å². The molecular formula is C15H25N5. The van der Waals surface area contributed by atoms with Crippen molar-refractivity contribution in [3.05, 3.63) is 11.3 Å². The Morgan fingerprint density at radius 3 is 2.30 bits per heavy atom. The van der Waals surface area contributed by atoms with Crippen molar-refractivity contribution in [3.8, 4) is 0 Å². The third-order valence-electron chi connectivity index (χ3n) is 4.45. The smallest absolute Gasteiger partial charge is 0.227 e. The lowest BCUT2D eigenvalue weighted by molar-refractivity contribution is 0.707. The van der Waals surface area contributed by atoms with Crippen LogP contribution in [0.4, 0.5) is 11.8 Å². The molecule has 3 rings (SSSR count). The predicted molar refractivity (Wildman–Crippen MR) is 81.8 cm³/mol. The van der Waals surface area contributed by atoms with Crippen molar-refractivity contribution in [1.29, 1.82) is 0 Å². The molecule has 1 saturated heterocycles. The molecule has 1 aliphatic carbocycles. The van der Waals surface area contributed by atoms with Crippen LogP contribution < -0.4 is 16.2 Å². The van der Waals surface area contributed by atoms with E-state index in [2.05, 4.69) is 10.3 Å². The Balaban J connectivity index is 1.92. The van der Waals surface area contributed by atoms with Crippen LogP contribution in [0.1, 0.15) is 56.2 Å². The Hall–Kier alpha value is -1.36. The summed E-state index contributed by atoms with van der Waals surface area (Å²) in [6, 6.07) is 0. The van der Waals surface area contributed by atoms with Gasteiger partial charge in [-0.15, -0.1) is 0 Å². The molecule has 0 bridgehead atoms. The summed E-state index contributed by atoms with van der Waals surface area (Å²) in [7, 11) is 0. The monoisotopic (exact) mass is 275 g/mol. The van der Waals surface area contributed by atoms with Gasteiger partial charge in [0, 0.05) is 18.7 Å². The first-order valence-electron chi connectivity index (χ1n) is 8.00. The van der Waals surface area contributed by atoms with Gasteiger partial charge >= 0.3 is 0 Å². The number of hydrogen-bond acceptors (Lipinski definition) is 5. The largest absolute Gasteiger partial charge is 0.341 e. The zero-order valence-corrected chi connectivity index (χ0v) is 12.2. The van der Waals surface area contributed by atoms with Crippen LogP contribution in [0.2, 0.25) is 0 Å². The van der Waals surface area contributed by atoms with Gasteiger partial charge in [0.25, 0.3) is 0 Å². The van der Waals surface area contributed by atoms with Gasteiger partial charge in [-0.3, -0.25) is 0 Å². The first-order valence-corrected chi connectivity index (χ1v) is 8.00. The van der Waals surface area contributed by atoms with Crippen molar-refractivity contribution >= 4 is 11.8 Å². The first kappa shape index (κ1) is 13.6. The van der Waals surface area contributed by atoms with E-state index in [0.29, 0.717) is 0 Å². The third-order valence-corrected chi connectivity index (χ3v) is 4.45. The van der Waals surface area contributed by atoms with Gasteiger partial charge in [0.2, 0.25) is 5.95 Å². The molecule has 0 spiro atoms. The maximum Gasteiger partial charge on any atom is 0.227 e. The number of aromatic nitrogens is 2. The molecule has 1 fully saturated rings. The summed E-state index contributed by atoms with van der Waals surface area (Å²) in [5, 5.41) is 0. The van der Waals surface area contributed by atoms with Gasteiger partial charge in [0.1, 0.15) is 5.82 Å². The van der Waals surface area contributed by atoms with E-state index in [-0.39, 0.29) is 0 Å². The molecule has 1 aromatic rings. The van der Waals surface area contributed by atoms with E-state index in [9.17, 15) is 0 Å². The number of aryl methyl sites for hydroxylation is 1. The lowest BCUT2D eigenvalue weighted by Gasteiger charge is -2.22. The van der Waals surface area contributed by atoms with Gasteiger partial charge in [-0.05, 0) is 38.5 Å². The van der Waals surface area contributed by atoms with Gasteiger partial charge in [0.05, 0.1) is 5.69 Å². The highest BCUT2D eigenvalue weighted by molar-refractivity contribution is 5.51. The van der Waals surface area contributed by atoms with E-state index in [1.165, 1.54) is 56.2 Å². The number of nitrogen functional groups attached to an aromatic ring is 1. The second-order valence-corrected chi connectivity index (χ2v) is 5.90. The summed E-state index contributed by atoms with van der Waals surface area (Å²) in [5.41, 5.74) is 5.25. The number of hydrazine groups is 1. The molecule has 2 aliphatic rings. The third kappa shape index (κ3) is 2.87. The van der Waals surface area contributed by atoms with Crippen LogP contribution in [-0.2, 0) is 12.8 Å². The number of hydrogen-bond donors (Lipinski definition) is 2. The molecule has 0 atom stereocenters. The predicted octanol–water partition coefficient (Wildman–Crippen LogP) is 2.41. The van der Waals surface area contributed by atoms with Crippen LogP contribution in [0.25, 0.3) is 0 Å². The van der Waals surface area contributed by atoms with Crippen LogP contribution >= 0.6 is 0 Å². The summed E-state index contributed by atoms with van der Waals surface area (Å²) in [5.74, 6) is 7.41. The van der Waals surface area contributed by atoms with E-state index >= 15 is 0 Å². The van der Waals surface area contributed by atoms with E-state index in [1.807, 2.05) is 0 Å². The molecule has 0 aromatic carbocycles. The van der Waals surface area contributed by atoms with Crippen molar-refractivity contribution in [2.45, 2.75) is 57.8 Å². The van der Waals surface area contributed by atoms with E-state index in [4.69, 9.17) is 15.8 Å². The zero-order valence-electron chi connectivity index (χ0n) is 12.2. The minimum absolute atomic E-state index is 0.844. The first-order chi connectivity index (χ1) is 9.88. The Kier molecular flexibility index (Phi) is 4.35. The normalized spacial score (nSPS) is 19.9. The fourth-order valence-corrected chi connectivity index (χ4v) is 3.29. The molecule has 0 radical (unpaired) electrons. The number of rotatable bonds is 2. The highest BCUT2D eigenvalue weighted by Gasteiger charge is 2.19. The highest BCUT2D eigenvalue weighted by atomic mass is 15.3. The molecule has 110 valence electrons. The van der Waals surface area contributed by atoms with Crippen LogP contribution in [0.15, 0.2) is 0 Å². The molecule has 0 amide bonds. The minimum atomic E-state index is 0.844. The fourth-order valence-electron chi connectivity index (χ4n) is 3.29. The molecule has 2 heterocycles. The maximum atomic E-state index is 5.70. The second kappa shape index (κ2) is 6.39. The van der Waals surface area contributed by atoms with E-state index in [0.717, 1.165) is 37.7 Å². The van der Waals surface area contributed by atoms with Gasteiger partial charge in [-0.2, -0.15) is 4.98 Å². The minimum Gasteiger partial charge on any atom is -0.341 e. The number of anilines is 2. The average Bonchev–Trinajstić information content (AvgIpc) is 2.88. The van der Waals surface area contributed by atoms with Gasteiger partial charge in [0.15, 0.2) is 0 Å². The fraction of sp³-hybridized carbons (Fsp3) is 0.733. The highest BCUT2D eigenvalue weighted by Crippen LogP contribution is 2.27. The van der Waals surface area contributed by atoms with Crippen LogP contribution in [0, 0.1) is 0 Å². The molecule has 1 aliphatic heterocycles. The number of fused-ring (bicyclic) bond motifs is 1. The molecule has 20 heavy (non-hydrogen) atoms. The topological polar surface area (TPSA) is 67.1 Å². The van der Waals surface area contributed by atoms with Crippen LogP contribution in [-0.4, -0.2) is 23.1 Å².